The molecule has 1 aromatic rings. The second kappa shape index (κ2) is 6.55. The smallest absolute Gasteiger partial charge is 0.145 e. The van der Waals surface area contributed by atoms with Gasteiger partial charge in [-0.2, -0.15) is 5.26 Å². The Balaban J connectivity index is 1.49. The standard InChI is InChI=1S/C17H22FN3/c18-17-14(10-19)2-1-3-15(17)12-21-8-6-13(7-9-21)11-20-16-4-5-16/h1-3,13,16,20H,4-9,11-12H2. The Bertz CT molecular complexity index is 525. The molecule has 21 heavy (non-hydrogen) atoms. The molecule has 1 heterocycles. The summed E-state index contributed by atoms with van der Waals surface area (Å²) in [6, 6.07) is 7.79. The van der Waals surface area contributed by atoms with E-state index in [0.29, 0.717) is 12.1 Å². The molecule has 3 rings (SSSR count). The van der Waals surface area contributed by atoms with Crippen LogP contribution in [-0.4, -0.2) is 30.6 Å². The van der Waals surface area contributed by atoms with Crippen molar-refractivity contribution in [2.75, 3.05) is 19.6 Å². The SMILES string of the molecule is N#Cc1cccc(CN2CCC(CNC3CC3)CC2)c1F. The molecule has 4 heteroatoms. The van der Waals surface area contributed by atoms with Gasteiger partial charge in [0.15, 0.2) is 0 Å². The fourth-order valence-corrected chi connectivity index (χ4v) is 3.00. The number of likely N-dealkylation sites (tertiary alicyclic amines) is 1. The molecule has 0 aromatic heterocycles. The average molecular weight is 287 g/mol. The Morgan fingerprint density at radius 3 is 2.67 bits per heavy atom. The van der Waals surface area contributed by atoms with Gasteiger partial charge in [0.05, 0.1) is 5.56 Å². The summed E-state index contributed by atoms with van der Waals surface area (Å²) in [5, 5.41) is 12.5. The van der Waals surface area contributed by atoms with E-state index in [2.05, 4.69) is 10.2 Å². The Morgan fingerprint density at radius 2 is 2.00 bits per heavy atom. The minimum absolute atomic E-state index is 0.149. The first-order valence-corrected chi connectivity index (χ1v) is 7.89. The number of benzene rings is 1. The van der Waals surface area contributed by atoms with E-state index in [1.807, 2.05) is 6.07 Å². The fourth-order valence-electron chi connectivity index (χ4n) is 3.00. The summed E-state index contributed by atoms with van der Waals surface area (Å²) in [6.45, 7) is 3.79. The zero-order valence-electron chi connectivity index (χ0n) is 12.3. The maximum Gasteiger partial charge on any atom is 0.145 e. The first kappa shape index (κ1) is 14.5. The summed E-state index contributed by atoms with van der Waals surface area (Å²) in [5.74, 6) is 0.412. The van der Waals surface area contributed by atoms with Crippen LogP contribution in [0.1, 0.15) is 36.8 Å². The highest BCUT2D eigenvalue weighted by Crippen LogP contribution is 2.23. The van der Waals surface area contributed by atoms with Crippen molar-refractivity contribution in [3.05, 3.63) is 35.1 Å². The molecule has 1 saturated heterocycles. The predicted molar refractivity (Wildman–Crippen MR) is 80.1 cm³/mol. The van der Waals surface area contributed by atoms with Crippen LogP contribution in [0, 0.1) is 23.1 Å². The Morgan fingerprint density at radius 1 is 1.24 bits per heavy atom. The molecular formula is C17H22FN3. The number of nitrogens with one attached hydrogen (secondary N) is 1. The molecule has 1 aliphatic carbocycles. The molecule has 112 valence electrons. The third kappa shape index (κ3) is 3.81. The molecule has 2 fully saturated rings. The summed E-state index contributed by atoms with van der Waals surface area (Å²) < 4.78 is 14.1. The molecule has 0 bridgehead atoms. The van der Waals surface area contributed by atoms with E-state index < -0.39 is 0 Å². The van der Waals surface area contributed by atoms with Crippen molar-refractivity contribution in [1.82, 2.24) is 10.2 Å². The lowest BCUT2D eigenvalue weighted by molar-refractivity contribution is 0.173. The largest absolute Gasteiger partial charge is 0.314 e. The van der Waals surface area contributed by atoms with Gasteiger partial charge >= 0.3 is 0 Å². The lowest BCUT2D eigenvalue weighted by Crippen LogP contribution is -2.37. The van der Waals surface area contributed by atoms with Gasteiger partial charge in [-0.05, 0) is 57.3 Å². The summed E-state index contributed by atoms with van der Waals surface area (Å²) in [4.78, 5) is 2.30. The van der Waals surface area contributed by atoms with Gasteiger partial charge in [0.1, 0.15) is 11.9 Å². The van der Waals surface area contributed by atoms with Crippen molar-refractivity contribution < 1.29 is 4.39 Å². The minimum Gasteiger partial charge on any atom is -0.314 e. The van der Waals surface area contributed by atoms with Crippen molar-refractivity contribution in [1.29, 1.82) is 5.26 Å². The van der Waals surface area contributed by atoms with Crippen molar-refractivity contribution in [2.45, 2.75) is 38.3 Å². The van der Waals surface area contributed by atoms with Crippen molar-refractivity contribution in [3.63, 3.8) is 0 Å². The molecular weight excluding hydrogens is 265 g/mol. The van der Waals surface area contributed by atoms with Crippen molar-refractivity contribution >= 4 is 0 Å². The molecule has 0 unspecified atom stereocenters. The van der Waals surface area contributed by atoms with E-state index in [-0.39, 0.29) is 11.4 Å². The molecule has 0 amide bonds. The normalized spacial score (nSPS) is 20.4. The van der Waals surface area contributed by atoms with E-state index in [1.54, 1.807) is 12.1 Å². The molecule has 3 nitrogen and oxygen atoms in total. The van der Waals surface area contributed by atoms with E-state index >= 15 is 0 Å². The van der Waals surface area contributed by atoms with E-state index in [0.717, 1.165) is 31.6 Å². The number of hydrogen-bond donors (Lipinski definition) is 1. The van der Waals surface area contributed by atoms with Crippen molar-refractivity contribution in [2.24, 2.45) is 5.92 Å². The molecule has 0 radical (unpaired) electrons. The van der Waals surface area contributed by atoms with Crippen LogP contribution in [0.2, 0.25) is 0 Å². The number of rotatable bonds is 5. The van der Waals surface area contributed by atoms with Gasteiger partial charge in [0, 0.05) is 18.2 Å². The Kier molecular flexibility index (Phi) is 4.52. The molecule has 0 spiro atoms. The van der Waals surface area contributed by atoms with Crippen LogP contribution < -0.4 is 5.32 Å². The van der Waals surface area contributed by atoms with Crippen LogP contribution in [-0.2, 0) is 6.54 Å². The molecule has 1 saturated carbocycles. The van der Waals surface area contributed by atoms with Gasteiger partial charge in [-0.15, -0.1) is 0 Å². The molecule has 2 aliphatic rings. The maximum atomic E-state index is 14.1. The predicted octanol–water partition coefficient (Wildman–Crippen LogP) is 2.66. The number of hydrogen-bond acceptors (Lipinski definition) is 3. The quantitative estimate of drug-likeness (QED) is 0.905. The topological polar surface area (TPSA) is 39.1 Å². The second-order valence-corrected chi connectivity index (χ2v) is 6.29. The summed E-state index contributed by atoms with van der Waals surface area (Å²) >= 11 is 0. The van der Waals surface area contributed by atoms with Gasteiger partial charge in [-0.3, -0.25) is 4.90 Å². The lowest BCUT2D eigenvalue weighted by atomic mass is 9.96. The Hall–Kier alpha value is -1.44. The highest BCUT2D eigenvalue weighted by atomic mass is 19.1. The summed E-state index contributed by atoms with van der Waals surface area (Å²) in [6.07, 6.45) is 5.04. The van der Waals surface area contributed by atoms with Crippen molar-refractivity contribution in [3.8, 4) is 6.07 Å². The summed E-state index contributed by atoms with van der Waals surface area (Å²) in [5.41, 5.74) is 0.791. The number of halogens is 1. The van der Waals surface area contributed by atoms with Crippen LogP contribution in [0.3, 0.4) is 0 Å². The van der Waals surface area contributed by atoms with Gasteiger partial charge < -0.3 is 5.32 Å². The average Bonchev–Trinajstić information content (AvgIpc) is 3.33. The molecule has 1 N–H and O–H groups in total. The van der Waals surface area contributed by atoms with Gasteiger partial charge in [0.2, 0.25) is 0 Å². The molecule has 0 atom stereocenters. The van der Waals surface area contributed by atoms with Crippen LogP contribution in [0.4, 0.5) is 4.39 Å². The van der Waals surface area contributed by atoms with Crippen LogP contribution in [0.15, 0.2) is 18.2 Å². The minimum atomic E-state index is -0.350. The zero-order chi connectivity index (χ0) is 14.7. The number of nitrogens with zero attached hydrogens (tertiary/aromatic N) is 2. The molecule has 1 aliphatic heterocycles. The highest BCUT2D eigenvalue weighted by molar-refractivity contribution is 5.34. The van der Waals surface area contributed by atoms with Crippen LogP contribution in [0.5, 0.6) is 0 Å². The zero-order valence-corrected chi connectivity index (χ0v) is 12.3. The Labute approximate surface area is 125 Å². The monoisotopic (exact) mass is 287 g/mol. The van der Waals surface area contributed by atoms with Gasteiger partial charge in [-0.25, -0.2) is 4.39 Å². The van der Waals surface area contributed by atoms with E-state index in [9.17, 15) is 4.39 Å². The van der Waals surface area contributed by atoms with E-state index in [1.165, 1.54) is 31.7 Å². The third-order valence-corrected chi connectivity index (χ3v) is 4.57. The summed E-state index contributed by atoms with van der Waals surface area (Å²) in [7, 11) is 0. The maximum absolute atomic E-state index is 14.1. The van der Waals surface area contributed by atoms with Crippen LogP contribution >= 0.6 is 0 Å². The molecule has 1 aromatic carbocycles. The van der Waals surface area contributed by atoms with Gasteiger partial charge in [-0.1, -0.05) is 12.1 Å². The third-order valence-electron chi connectivity index (χ3n) is 4.57. The van der Waals surface area contributed by atoms with Gasteiger partial charge in [0.25, 0.3) is 0 Å². The second-order valence-electron chi connectivity index (χ2n) is 6.29. The number of nitriles is 1. The van der Waals surface area contributed by atoms with Crippen LogP contribution in [0.25, 0.3) is 0 Å². The first-order valence-electron chi connectivity index (χ1n) is 7.89. The lowest BCUT2D eigenvalue weighted by Gasteiger charge is -2.32. The fraction of sp³-hybridized carbons (Fsp3) is 0.588. The van der Waals surface area contributed by atoms with E-state index in [4.69, 9.17) is 5.26 Å². The first-order chi connectivity index (χ1) is 10.3. The number of piperidine rings is 1. The highest BCUT2D eigenvalue weighted by Gasteiger charge is 2.24.